The van der Waals surface area contributed by atoms with Gasteiger partial charge < -0.3 is 9.47 Å². The van der Waals surface area contributed by atoms with E-state index in [2.05, 4.69) is 139 Å². The SMILES string of the molecule is COC1=CC#CC2c3cc4ccc(-c5c6ccccc6c(-c6ccc7cc8c(nc7n6)-c6cccc7c(OC)ccc-8c67)c6ccccc56)nc4nc3-c3cccc1c32. The Labute approximate surface area is 338 Å². The molecule has 6 heteroatoms. The molecule has 0 bridgehead atoms. The van der Waals surface area contributed by atoms with Crippen LogP contribution in [-0.2, 0) is 4.74 Å². The van der Waals surface area contributed by atoms with Gasteiger partial charge in [0.25, 0.3) is 0 Å². The number of hydrogen-bond acceptors (Lipinski definition) is 6. The third-order valence-electron chi connectivity index (χ3n) is 12.5. The Morgan fingerprint density at radius 1 is 0.492 bits per heavy atom. The van der Waals surface area contributed by atoms with Crippen molar-refractivity contribution in [2.75, 3.05) is 14.2 Å². The molecule has 6 nitrogen and oxygen atoms in total. The van der Waals surface area contributed by atoms with Crippen LogP contribution >= 0.6 is 0 Å². The predicted molar refractivity (Wildman–Crippen MR) is 237 cm³/mol. The van der Waals surface area contributed by atoms with Crippen LogP contribution in [0.1, 0.15) is 22.6 Å². The molecule has 4 aromatic heterocycles. The molecule has 0 fully saturated rings. The fraction of sp³-hybridized carbons (Fsp3) is 0.0566. The standard InChI is InChI=1S/C53H30N4O2/c1-58-44-19-9-14-34-40-26-28-20-23-42(54-52(28)56-50(40)38-17-7-15-36(44)46(34)38)48-30-10-3-5-12-32(30)49(33-13-6-4-11-31(33)48)43-24-21-29-27-41-35-22-25-45(59-2)37-16-8-18-39(47(35)37)51(41)57-53(29)55-43/h3-8,10-13,15-27,34H,1-2H3. The average Bonchev–Trinajstić information content (AvgIpc) is 3.68. The molecule has 4 heterocycles. The molecular formula is C53H30N4O2. The Balaban J connectivity index is 0.988. The van der Waals surface area contributed by atoms with Crippen LogP contribution in [0.3, 0.4) is 0 Å². The lowest BCUT2D eigenvalue weighted by atomic mass is 9.88. The third kappa shape index (κ3) is 4.36. The molecule has 0 spiro atoms. The lowest BCUT2D eigenvalue weighted by molar-refractivity contribution is 0.370. The molecule has 3 aliphatic carbocycles. The molecule has 0 aliphatic heterocycles. The molecule has 10 aromatic rings. The summed E-state index contributed by atoms with van der Waals surface area (Å²) in [7, 11) is 3.42. The number of nitrogens with zero attached hydrogens (tertiary/aromatic N) is 4. The van der Waals surface area contributed by atoms with E-state index in [9.17, 15) is 0 Å². The minimum atomic E-state index is -0.0771. The van der Waals surface area contributed by atoms with E-state index in [4.69, 9.17) is 29.4 Å². The summed E-state index contributed by atoms with van der Waals surface area (Å²) in [5.41, 5.74) is 15.0. The van der Waals surface area contributed by atoms with Crippen LogP contribution in [0, 0.1) is 11.8 Å². The van der Waals surface area contributed by atoms with Gasteiger partial charge in [0.2, 0.25) is 0 Å². The Morgan fingerprint density at radius 3 is 1.78 bits per heavy atom. The molecule has 0 N–H and O–H groups in total. The lowest BCUT2D eigenvalue weighted by Crippen LogP contribution is -1.98. The maximum atomic E-state index is 5.75. The Morgan fingerprint density at radius 2 is 1.10 bits per heavy atom. The highest BCUT2D eigenvalue weighted by Crippen LogP contribution is 2.51. The highest BCUT2D eigenvalue weighted by atomic mass is 16.5. The average molecular weight is 755 g/mol. The predicted octanol–water partition coefficient (Wildman–Crippen LogP) is 12.1. The maximum absolute atomic E-state index is 5.75. The Hall–Kier alpha value is -7.88. The van der Waals surface area contributed by atoms with Gasteiger partial charge in [-0.3, -0.25) is 0 Å². The molecule has 0 radical (unpaired) electrons. The third-order valence-corrected chi connectivity index (χ3v) is 12.5. The molecule has 0 saturated carbocycles. The molecule has 0 amide bonds. The number of hydrogen-bond donors (Lipinski definition) is 0. The summed E-state index contributed by atoms with van der Waals surface area (Å²) in [5, 5.41) is 8.64. The first-order chi connectivity index (χ1) is 29.2. The number of pyridine rings is 4. The van der Waals surface area contributed by atoms with Gasteiger partial charge in [-0.05, 0) is 86.8 Å². The fourth-order valence-corrected chi connectivity index (χ4v) is 9.94. The highest BCUT2D eigenvalue weighted by molar-refractivity contribution is 6.21. The van der Waals surface area contributed by atoms with Crippen LogP contribution in [0.5, 0.6) is 5.75 Å². The number of allylic oxidation sites excluding steroid dienone is 1. The Bertz CT molecular complexity index is 3610. The van der Waals surface area contributed by atoms with Gasteiger partial charge >= 0.3 is 0 Å². The van der Waals surface area contributed by atoms with Crippen molar-refractivity contribution in [1.82, 2.24) is 19.9 Å². The number of ether oxygens (including phenoxy) is 2. The van der Waals surface area contributed by atoms with E-state index in [0.717, 1.165) is 116 Å². The van der Waals surface area contributed by atoms with Crippen molar-refractivity contribution in [2.24, 2.45) is 0 Å². The van der Waals surface area contributed by atoms with Crippen molar-refractivity contribution in [2.45, 2.75) is 5.92 Å². The lowest BCUT2D eigenvalue weighted by Gasteiger charge is -2.17. The second kappa shape index (κ2) is 11.8. The summed E-state index contributed by atoms with van der Waals surface area (Å²) in [6.45, 7) is 0. The van der Waals surface area contributed by atoms with Crippen LogP contribution in [0.25, 0.3) is 116 Å². The van der Waals surface area contributed by atoms with E-state index in [0.29, 0.717) is 11.3 Å². The molecule has 13 rings (SSSR count). The van der Waals surface area contributed by atoms with E-state index in [1.54, 1.807) is 14.2 Å². The number of rotatable bonds is 4. The van der Waals surface area contributed by atoms with Gasteiger partial charge in [-0.1, -0.05) is 96.8 Å². The van der Waals surface area contributed by atoms with Crippen LogP contribution in [0.15, 0.2) is 140 Å². The number of methoxy groups -OCH3 is 2. The van der Waals surface area contributed by atoms with E-state index in [1.807, 2.05) is 12.1 Å². The smallest absolute Gasteiger partial charge is 0.160 e. The largest absolute Gasteiger partial charge is 0.496 e. The van der Waals surface area contributed by atoms with Crippen molar-refractivity contribution < 1.29 is 9.47 Å². The quantitative estimate of drug-likeness (QED) is 0.132. The summed E-state index contributed by atoms with van der Waals surface area (Å²) >= 11 is 0. The van der Waals surface area contributed by atoms with Crippen molar-refractivity contribution in [3.05, 3.63) is 156 Å². The fourth-order valence-electron chi connectivity index (χ4n) is 9.94. The molecule has 6 aromatic carbocycles. The van der Waals surface area contributed by atoms with Gasteiger partial charge in [0.05, 0.1) is 42.9 Å². The highest BCUT2D eigenvalue weighted by Gasteiger charge is 2.34. The van der Waals surface area contributed by atoms with Crippen LogP contribution in [0.2, 0.25) is 0 Å². The van der Waals surface area contributed by atoms with Crippen LogP contribution < -0.4 is 4.74 Å². The first kappa shape index (κ1) is 32.2. The van der Waals surface area contributed by atoms with Crippen LogP contribution in [-0.4, -0.2) is 34.2 Å². The zero-order chi connectivity index (χ0) is 38.9. The normalized spacial score (nSPS) is 14.2. The molecule has 1 unspecified atom stereocenters. The molecule has 0 saturated heterocycles. The molecule has 59 heavy (non-hydrogen) atoms. The maximum Gasteiger partial charge on any atom is 0.160 e. The van der Waals surface area contributed by atoms with Crippen molar-refractivity contribution >= 4 is 60.1 Å². The monoisotopic (exact) mass is 754 g/mol. The van der Waals surface area contributed by atoms with Gasteiger partial charge in [-0.2, -0.15) is 0 Å². The first-order valence-electron chi connectivity index (χ1n) is 19.7. The van der Waals surface area contributed by atoms with Crippen molar-refractivity contribution in [3.63, 3.8) is 0 Å². The topological polar surface area (TPSA) is 70.0 Å². The molecule has 1 atom stereocenters. The number of aromatic nitrogens is 4. The minimum Gasteiger partial charge on any atom is -0.496 e. The van der Waals surface area contributed by atoms with E-state index < -0.39 is 0 Å². The summed E-state index contributed by atoms with van der Waals surface area (Å²) in [4.78, 5) is 21.2. The van der Waals surface area contributed by atoms with E-state index >= 15 is 0 Å². The number of benzene rings is 6. The first-order valence-corrected chi connectivity index (χ1v) is 19.7. The molecule has 3 aliphatic rings. The zero-order valence-electron chi connectivity index (χ0n) is 32.0. The van der Waals surface area contributed by atoms with Gasteiger partial charge in [0.15, 0.2) is 11.3 Å². The molecule has 274 valence electrons. The van der Waals surface area contributed by atoms with Gasteiger partial charge in [-0.25, -0.2) is 19.9 Å². The Kier molecular flexibility index (Phi) is 6.46. The second-order valence-electron chi connectivity index (χ2n) is 15.4. The van der Waals surface area contributed by atoms with Gasteiger partial charge in [0, 0.05) is 61.0 Å². The molecular weight excluding hydrogens is 725 g/mol. The van der Waals surface area contributed by atoms with Gasteiger partial charge in [0.1, 0.15) is 11.5 Å². The summed E-state index contributed by atoms with van der Waals surface area (Å²) in [6, 6.07) is 47.1. The minimum absolute atomic E-state index is 0.0771. The van der Waals surface area contributed by atoms with Crippen LogP contribution in [0.4, 0.5) is 0 Å². The number of fused-ring (bicyclic) bond motifs is 10. The van der Waals surface area contributed by atoms with Crippen molar-refractivity contribution in [3.8, 4) is 73.7 Å². The summed E-state index contributed by atoms with van der Waals surface area (Å²) < 4.78 is 11.5. The van der Waals surface area contributed by atoms with Crippen molar-refractivity contribution in [1.29, 1.82) is 0 Å². The van der Waals surface area contributed by atoms with E-state index in [-0.39, 0.29) is 5.92 Å². The van der Waals surface area contributed by atoms with Gasteiger partial charge in [-0.15, -0.1) is 0 Å². The summed E-state index contributed by atoms with van der Waals surface area (Å²) in [5.74, 6) is 8.27. The second-order valence-corrected chi connectivity index (χ2v) is 15.4. The zero-order valence-corrected chi connectivity index (χ0v) is 32.0. The van der Waals surface area contributed by atoms with E-state index in [1.165, 1.54) is 10.9 Å². The summed E-state index contributed by atoms with van der Waals surface area (Å²) in [6.07, 6.45) is 1.87.